The Kier molecular flexibility index (Phi) is 4.34. The third-order valence-corrected chi connectivity index (χ3v) is 6.85. The molecule has 2 aliphatic heterocycles. The van der Waals surface area contributed by atoms with E-state index in [1.807, 2.05) is 42.5 Å². The summed E-state index contributed by atoms with van der Waals surface area (Å²) in [5.74, 6) is -0.652. The summed E-state index contributed by atoms with van der Waals surface area (Å²) >= 11 is 7.53. The number of ether oxygens (including phenoxy) is 2. The van der Waals surface area contributed by atoms with Gasteiger partial charge in [0.05, 0.1) is 17.7 Å². The monoisotopic (exact) mass is 440 g/mol. The molecule has 8 heteroatoms. The summed E-state index contributed by atoms with van der Waals surface area (Å²) in [6.45, 7) is 1.75. The fraction of sp³-hybridized carbons (Fsp3) is 0.227. The third kappa shape index (κ3) is 2.73. The SMILES string of the molecule is COC(=O)[C@@H]1[C@@H]2c3ccccc3O[C@]1(C)N=c1s/c(=C/c3ccccc3Cl)c(=O)n12. The van der Waals surface area contributed by atoms with Gasteiger partial charge >= 0.3 is 5.97 Å². The summed E-state index contributed by atoms with van der Waals surface area (Å²) < 4.78 is 13.3. The first kappa shape index (κ1) is 19.1. The number of methoxy groups -OCH3 is 1. The van der Waals surface area contributed by atoms with E-state index in [9.17, 15) is 9.59 Å². The smallest absolute Gasteiger partial charge is 0.317 e. The van der Waals surface area contributed by atoms with Crippen molar-refractivity contribution in [3.8, 4) is 5.75 Å². The average Bonchev–Trinajstić information content (AvgIpc) is 3.02. The molecule has 152 valence electrons. The Morgan fingerprint density at radius 1 is 1.27 bits per heavy atom. The lowest BCUT2D eigenvalue weighted by atomic mass is 9.81. The predicted molar refractivity (Wildman–Crippen MR) is 113 cm³/mol. The van der Waals surface area contributed by atoms with Crippen LogP contribution in [0.1, 0.15) is 24.1 Å². The van der Waals surface area contributed by atoms with Crippen LogP contribution in [0.4, 0.5) is 0 Å². The van der Waals surface area contributed by atoms with Gasteiger partial charge in [0.15, 0.2) is 4.80 Å². The molecule has 0 N–H and O–H groups in total. The molecule has 2 aliphatic rings. The average molecular weight is 441 g/mol. The molecule has 0 spiro atoms. The lowest BCUT2D eigenvalue weighted by molar-refractivity contribution is -0.158. The molecule has 1 aromatic heterocycles. The van der Waals surface area contributed by atoms with Crippen LogP contribution in [0.5, 0.6) is 5.75 Å². The van der Waals surface area contributed by atoms with Crippen LogP contribution in [0, 0.1) is 5.92 Å². The van der Waals surface area contributed by atoms with Crippen LogP contribution in [0.15, 0.2) is 58.3 Å². The van der Waals surface area contributed by atoms with Gasteiger partial charge in [-0.3, -0.25) is 14.2 Å². The number of esters is 1. The number of halogens is 1. The predicted octanol–water partition coefficient (Wildman–Crippen LogP) is 2.51. The topological polar surface area (TPSA) is 69.9 Å². The highest BCUT2D eigenvalue weighted by Gasteiger charge is 2.55. The zero-order valence-electron chi connectivity index (χ0n) is 16.2. The maximum atomic E-state index is 13.4. The Labute approximate surface area is 180 Å². The van der Waals surface area contributed by atoms with Crippen LogP contribution in [0.25, 0.3) is 6.08 Å². The maximum absolute atomic E-state index is 13.4. The van der Waals surface area contributed by atoms with Gasteiger partial charge in [-0.15, -0.1) is 0 Å². The number of benzene rings is 2. The van der Waals surface area contributed by atoms with Gasteiger partial charge in [0, 0.05) is 10.6 Å². The second-order valence-electron chi connectivity index (χ2n) is 7.34. The molecule has 0 unspecified atom stereocenters. The van der Waals surface area contributed by atoms with Crippen molar-refractivity contribution in [2.24, 2.45) is 10.9 Å². The van der Waals surface area contributed by atoms with Gasteiger partial charge < -0.3 is 9.47 Å². The summed E-state index contributed by atoms with van der Waals surface area (Å²) in [6, 6.07) is 14.1. The molecule has 6 nitrogen and oxygen atoms in total. The van der Waals surface area contributed by atoms with Gasteiger partial charge in [-0.2, -0.15) is 0 Å². The van der Waals surface area contributed by atoms with Crippen LogP contribution >= 0.6 is 22.9 Å². The molecule has 3 heterocycles. The van der Waals surface area contributed by atoms with Gasteiger partial charge in [-0.05, 0) is 30.7 Å². The molecule has 5 rings (SSSR count). The van der Waals surface area contributed by atoms with E-state index in [0.717, 1.165) is 11.1 Å². The zero-order valence-corrected chi connectivity index (χ0v) is 17.7. The van der Waals surface area contributed by atoms with Crippen LogP contribution in [-0.4, -0.2) is 23.4 Å². The second-order valence-corrected chi connectivity index (χ2v) is 8.76. The Bertz CT molecular complexity index is 1360. The van der Waals surface area contributed by atoms with Crippen molar-refractivity contribution in [2.45, 2.75) is 18.7 Å². The fourth-order valence-corrected chi connectivity index (χ4v) is 5.44. The van der Waals surface area contributed by atoms with Crippen LogP contribution < -0.4 is 19.6 Å². The van der Waals surface area contributed by atoms with Crippen LogP contribution in [-0.2, 0) is 9.53 Å². The van der Waals surface area contributed by atoms with Crippen molar-refractivity contribution in [1.82, 2.24) is 4.57 Å². The Morgan fingerprint density at radius 2 is 2.00 bits per heavy atom. The molecule has 0 radical (unpaired) electrons. The van der Waals surface area contributed by atoms with Crippen molar-refractivity contribution >= 4 is 35.0 Å². The number of nitrogens with zero attached hydrogens (tertiary/aromatic N) is 2. The van der Waals surface area contributed by atoms with Crippen molar-refractivity contribution < 1.29 is 14.3 Å². The van der Waals surface area contributed by atoms with Crippen molar-refractivity contribution in [3.05, 3.63) is 84.4 Å². The summed E-state index contributed by atoms with van der Waals surface area (Å²) in [4.78, 5) is 31.4. The van der Waals surface area contributed by atoms with E-state index in [4.69, 9.17) is 26.1 Å². The molecule has 0 saturated carbocycles. The number of hydrogen-bond acceptors (Lipinski definition) is 6. The molecular weight excluding hydrogens is 424 g/mol. The molecular formula is C22H17ClN2O4S. The number of carbonyl (C=O) groups excluding carboxylic acids is 1. The van der Waals surface area contributed by atoms with E-state index in [1.165, 1.54) is 18.4 Å². The highest BCUT2D eigenvalue weighted by Crippen LogP contribution is 2.47. The molecule has 0 amide bonds. The van der Waals surface area contributed by atoms with Crippen LogP contribution in [0.3, 0.4) is 0 Å². The lowest BCUT2D eigenvalue weighted by Crippen LogP contribution is -2.58. The van der Waals surface area contributed by atoms with E-state index in [0.29, 0.717) is 20.1 Å². The molecule has 2 aromatic carbocycles. The number of para-hydroxylation sites is 1. The minimum Gasteiger partial charge on any atom is -0.469 e. The number of hydrogen-bond donors (Lipinski definition) is 0. The Balaban J connectivity index is 1.81. The number of fused-ring (bicyclic) bond motifs is 6. The van der Waals surface area contributed by atoms with Gasteiger partial charge in [0.25, 0.3) is 5.56 Å². The Hall–Kier alpha value is -2.90. The van der Waals surface area contributed by atoms with Crippen molar-refractivity contribution in [2.75, 3.05) is 7.11 Å². The van der Waals surface area contributed by atoms with Gasteiger partial charge in [0.1, 0.15) is 11.7 Å². The highest BCUT2D eigenvalue weighted by molar-refractivity contribution is 7.07. The van der Waals surface area contributed by atoms with E-state index in [1.54, 1.807) is 23.6 Å². The first-order chi connectivity index (χ1) is 14.4. The number of thiazole rings is 1. The quantitative estimate of drug-likeness (QED) is 0.574. The summed E-state index contributed by atoms with van der Waals surface area (Å²) in [5, 5.41) is 0.553. The molecule has 0 aliphatic carbocycles. The van der Waals surface area contributed by atoms with Gasteiger partial charge in [-0.25, -0.2) is 4.99 Å². The molecule has 0 saturated heterocycles. The van der Waals surface area contributed by atoms with Gasteiger partial charge in [-0.1, -0.05) is 59.3 Å². The van der Waals surface area contributed by atoms with E-state index >= 15 is 0 Å². The maximum Gasteiger partial charge on any atom is 0.317 e. The van der Waals surface area contributed by atoms with E-state index < -0.39 is 23.7 Å². The summed E-state index contributed by atoms with van der Waals surface area (Å²) in [5.41, 5.74) is 0.0956. The summed E-state index contributed by atoms with van der Waals surface area (Å²) in [7, 11) is 1.33. The van der Waals surface area contributed by atoms with Crippen molar-refractivity contribution in [3.63, 3.8) is 0 Å². The first-order valence-corrected chi connectivity index (χ1v) is 10.6. The molecule has 30 heavy (non-hydrogen) atoms. The standard InChI is InChI=1S/C22H17ClN2O4S/c1-22-17(20(27)28-2)18(13-8-4-6-10-15(13)29-22)25-19(26)16(30-21(25)24-22)11-12-7-3-5-9-14(12)23/h3-11,17-18H,1-2H3/b16-11+/t17-,18-,22-/m0/s1. The largest absolute Gasteiger partial charge is 0.469 e. The molecule has 3 aromatic rings. The number of aromatic nitrogens is 1. The van der Waals surface area contributed by atoms with Crippen molar-refractivity contribution in [1.29, 1.82) is 0 Å². The Morgan fingerprint density at radius 3 is 2.77 bits per heavy atom. The highest BCUT2D eigenvalue weighted by atomic mass is 35.5. The van der Waals surface area contributed by atoms with E-state index in [2.05, 4.69) is 0 Å². The fourth-order valence-electron chi connectivity index (χ4n) is 4.16. The van der Waals surface area contributed by atoms with E-state index in [-0.39, 0.29) is 5.56 Å². The lowest BCUT2D eigenvalue weighted by Gasteiger charge is -2.44. The molecule has 0 fully saturated rings. The minimum atomic E-state index is -1.18. The number of carbonyl (C=O) groups is 1. The molecule has 3 atom stereocenters. The van der Waals surface area contributed by atoms with Gasteiger partial charge in [0.2, 0.25) is 5.72 Å². The first-order valence-electron chi connectivity index (χ1n) is 9.36. The zero-order chi connectivity index (χ0) is 21.0. The minimum absolute atomic E-state index is 0.226. The third-order valence-electron chi connectivity index (χ3n) is 5.53. The summed E-state index contributed by atoms with van der Waals surface area (Å²) in [6.07, 6.45) is 1.75. The van der Waals surface area contributed by atoms with Crippen LogP contribution in [0.2, 0.25) is 5.02 Å². The number of rotatable bonds is 2. The second kappa shape index (κ2) is 6.82. The normalized spacial score (nSPS) is 24.3. The molecule has 2 bridgehead atoms.